The van der Waals surface area contributed by atoms with E-state index in [9.17, 15) is 4.79 Å². The van der Waals surface area contributed by atoms with Crippen LogP contribution >= 0.6 is 11.6 Å². The van der Waals surface area contributed by atoms with Crippen molar-refractivity contribution in [3.63, 3.8) is 0 Å². The predicted octanol–water partition coefficient (Wildman–Crippen LogP) is 5.95. The van der Waals surface area contributed by atoms with Gasteiger partial charge < -0.3 is 9.88 Å². The molecule has 0 saturated heterocycles. The fraction of sp³-hybridized carbons (Fsp3) is 0.522. The Morgan fingerprint density at radius 3 is 2.93 bits per heavy atom. The molecule has 0 spiro atoms. The lowest BCUT2D eigenvalue weighted by molar-refractivity contribution is 0.0952. The number of nitrogens with one attached hydrogen (secondary N) is 1. The number of nitrogens with zero attached hydrogens (tertiary/aromatic N) is 1. The van der Waals surface area contributed by atoms with Crippen molar-refractivity contribution < 1.29 is 4.79 Å². The highest BCUT2D eigenvalue weighted by atomic mass is 35.5. The molecular formula is C23H31ClN2O. The fourth-order valence-corrected chi connectivity index (χ4v) is 4.46. The van der Waals surface area contributed by atoms with Gasteiger partial charge in [0.25, 0.3) is 5.91 Å². The molecule has 0 bridgehead atoms. The van der Waals surface area contributed by atoms with Crippen LogP contribution in [0.2, 0.25) is 5.02 Å². The number of halogens is 1. The van der Waals surface area contributed by atoms with Gasteiger partial charge in [0.15, 0.2) is 0 Å². The van der Waals surface area contributed by atoms with Crippen LogP contribution in [0.1, 0.15) is 73.0 Å². The van der Waals surface area contributed by atoms with Crippen LogP contribution in [0.15, 0.2) is 36.5 Å². The van der Waals surface area contributed by atoms with Crippen LogP contribution in [0.3, 0.4) is 0 Å². The zero-order valence-corrected chi connectivity index (χ0v) is 17.3. The molecule has 1 aromatic carbocycles. The minimum Gasteiger partial charge on any atom is -0.352 e. The number of carbonyl (C=O) groups is 1. The lowest BCUT2D eigenvalue weighted by Crippen LogP contribution is -2.25. The Hall–Kier alpha value is -1.74. The highest BCUT2D eigenvalue weighted by Gasteiger charge is 2.24. The molecule has 146 valence electrons. The molecule has 2 aromatic rings. The number of unbranched alkanes of at least 4 members (excludes halogenated alkanes) is 1. The zero-order valence-electron chi connectivity index (χ0n) is 16.5. The summed E-state index contributed by atoms with van der Waals surface area (Å²) in [4.78, 5) is 12.4. The van der Waals surface area contributed by atoms with E-state index >= 15 is 0 Å². The maximum atomic E-state index is 12.4. The van der Waals surface area contributed by atoms with E-state index in [0.717, 1.165) is 42.2 Å². The van der Waals surface area contributed by atoms with E-state index in [-0.39, 0.29) is 5.91 Å². The predicted molar refractivity (Wildman–Crippen MR) is 113 cm³/mol. The number of aromatic nitrogens is 1. The van der Waals surface area contributed by atoms with Crippen LogP contribution in [-0.2, 0) is 6.54 Å². The molecule has 1 aromatic heterocycles. The van der Waals surface area contributed by atoms with E-state index < -0.39 is 0 Å². The summed E-state index contributed by atoms with van der Waals surface area (Å²) < 4.78 is 2.26. The van der Waals surface area contributed by atoms with Crippen molar-refractivity contribution in [2.45, 2.75) is 64.8 Å². The van der Waals surface area contributed by atoms with Crippen LogP contribution < -0.4 is 5.32 Å². The maximum absolute atomic E-state index is 12.4. The van der Waals surface area contributed by atoms with Gasteiger partial charge in [0.05, 0.1) is 5.56 Å². The SMILES string of the molecule is CCCCNC(=O)c1ccn(CC2CCCC(c3cccc(Cl)c3)C2)c1C. The maximum Gasteiger partial charge on any atom is 0.253 e. The van der Waals surface area contributed by atoms with Gasteiger partial charge in [-0.05, 0) is 68.2 Å². The second kappa shape index (κ2) is 9.45. The van der Waals surface area contributed by atoms with Crippen LogP contribution in [-0.4, -0.2) is 17.0 Å². The summed E-state index contributed by atoms with van der Waals surface area (Å²) in [6.07, 6.45) is 9.14. The third-order valence-corrected chi connectivity index (χ3v) is 6.10. The number of amides is 1. The smallest absolute Gasteiger partial charge is 0.253 e. The number of rotatable bonds is 7. The minimum atomic E-state index is 0.0557. The van der Waals surface area contributed by atoms with Crippen molar-refractivity contribution in [3.05, 3.63) is 58.4 Å². The molecule has 1 fully saturated rings. The highest BCUT2D eigenvalue weighted by molar-refractivity contribution is 6.30. The lowest BCUT2D eigenvalue weighted by Gasteiger charge is -2.30. The molecule has 1 aliphatic carbocycles. The van der Waals surface area contributed by atoms with Gasteiger partial charge in [-0.25, -0.2) is 0 Å². The van der Waals surface area contributed by atoms with E-state index in [0.29, 0.717) is 11.8 Å². The molecule has 1 saturated carbocycles. The van der Waals surface area contributed by atoms with Crippen molar-refractivity contribution in [3.8, 4) is 0 Å². The number of carbonyl (C=O) groups excluding carboxylic acids is 1. The summed E-state index contributed by atoms with van der Waals surface area (Å²) >= 11 is 6.19. The van der Waals surface area contributed by atoms with Gasteiger partial charge in [-0.3, -0.25) is 4.79 Å². The summed E-state index contributed by atoms with van der Waals surface area (Å²) in [7, 11) is 0. The van der Waals surface area contributed by atoms with E-state index in [1.807, 2.05) is 12.1 Å². The van der Waals surface area contributed by atoms with Crippen molar-refractivity contribution in [1.29, 1.82) is 0 Å². The molecule has 27 heavy (non-hydrogen) atoms. The van der Waals surface area contributed by atoms with Crippen LogP contribution in [0.4, 0.5) is 0 Å². The second-order valence-electron chi connectivity index (χ2n) is 7.86. The van der Waals surface area contributed by atoms with Crippen molar-refractivity contribution in [1.82, 2.24) is 9.88 Å². The van der Waals surface area contributed by atoms with Crippen molar-refractivity contribution in [2.24, 2.45) is 5.92 Å². The first kappa shape index (κ1) is 20.0. The van der Waals surface area contributed by atoms with Crippen molar-refractivity contribution in [2.75, 3.05) is 6.54 Å². The van der Waals surface area contributed by atoms with Crippen LogP contribution in [0.5, 0.6) is 0 Å². The quantitative estimate of drug-likeness (QED) is 0.586. The monoisotopic (exact) mass is 386 g/mol. The van der Waals surface area contributed by atoms with E-state index in [4.69, 9.17) is 11.6 Å². The van der Waals surface area contributed by atoms with Gasteiger partial charge in [0.1, 0.15) is 0 Å². The van der Waals surface area contributed by atoms with Gasteiger partial charge in [0.2, 0.25) is 0 Å². The second-order valence-corrected chi connectivity index (χ2v) is 8.30. The Balaban J connectivity index is 1.62. The normalized spacial score (nSPS) is 19.8. The largest absolute Gasteiger partial charge is 0.352 e. The Kier molecular flexibility index (Phi) is 7.01. The minimum absolute atomic E-state index is 0.0557. The third-order valence-electron chi connectivity index (χ3n) is 5.86. The zero-order chi connectivity index (χ0) is 19.2. The fourth-order valence-electron chi connectivity index (χ4n) is 4.26. The van der Waals surface area contributed by atoms with Gasteiger partial charge >= 0.3 is 0 Å². The summed E-state index contributed by atoms with van der Waals surface area (Å²) in [5.41, 5.74) is 3.26. The van der Waals surface area contributed by atoms with Crippen LogP contribution in [0, 0.1) is 12.8 Å². The molecule has 3 rings (SSSR count). The molecule has 1 N–H and O–H groups in total. The molecule has 2 atom stereocenters. The average Bonchev–Trinajstić information content (AvgIpc) is 3.02. The molecular weight excluding hydrogens is 356 g/mol. The summed E-state index contributed by atoms with van der Waals surface area (Å²) in [6.45, 7) is 5.94. The highest BCUT2D eigenvalue weighted by Crippen LogP contribution is 2.37. The Morgan fingerprint density at radius 2 is 2.15 bits per heavy atom. The molecule has 3 nitrogen and oxygen atoms in total. The van der Waals surface area contributed by atoms with E-state index in [2.05, 4.69) is 48.1 Å². The molecule has 0 radical (unpaired) electrons. The standard InChI is InChI=1S/C23H31ClN2O/c1-3-4-12-25-23(27)22-11-13-26(17(22)2)16-18-7-5-8-19(14-18)20-9-6-10-21(24)15-20/h6,9-11,13,15,18-19H,3-5,7-8,12,14,16H2,1-2H3,(H,25,27). The average molecular weight is 387 g/mol. The summed E-state index contributed by atoms with van der Waals surface area (Å²) in [5, 5.41) is 3.86. The van der Waals surface area contributed by atoms with Crippen molar-refractivity contribution >= 4 is 17.5 Å². The first-order valence-electron chi connectivity index (χ1n) is 10.3. The molecule has 1 amide bonds. The summed E-state index contributed by atoms with van der Waals surface area (Å²) in [5.74, 6) is 1.29. The van der Waals surface area contributed by atoms with Gasteiger partial charge in [-0.1, -0.05) is 43.5 Å². The van der Waals surface area contributed by atoms with Crippen LogP contribution in [0.25, 0.3) is 0 Å². The first-order valence-corrected chi connectivity index (χ1v) is 10.7. The van der Waals surface area contributed by atoms with E-state index in [1.165, 1.54) is 31.2 Å². The first-order chi connectivity index (χ1) is 13.1. The topological polar surface area (TPSA) is 34.0 Å². The molecule has 4 heteroatoms. The third kappa shape index (κ3) is 5.16. The number of hydrogen-bond donors (Lipinski definition) is 1. The van der Waals surface area contributed by atoms with Gasteiger partial charge in [-0.2, -0.15) is 0 Å². The molecule has 0 aliphatic heterocycles. The summed E-state index contributed by atoms with van der Waals surface area (Å²) in [6, 6.07) is 10.3. The number of hydrogen-bond acceptors (Lipinski definition) is 1. The molecule has 2 unspecified atom stereocenters. The number of benzene rings is 1. The Bertz CT molecular complexity index is 767. The van der Waals surface area contributed by atoms with Gasteiger partial charge in [0, 0.05) is 30.0 Å². The Labute approximate surface area is 168 Å². The van der Waals surface area contributed by atoms with E-state index in [1.54, 1.807) is 0 Å². The Morgan fingerprint density at radius 1 is 1.30 bits per heavy atom. The molecule has 1 heterocycles. The lowest BCUT2D eigenvalue weighted by atomic mass is 9.78. The molecule has 1 aliphatic rings. The van der Waals surface area contributed by atoms with Gasteiger partial charge in [-0.15, -0.1) is 0 Å².